The molecule has 0 saturated heterocycles. The molecule has 2 nitrogen and oxygen atoms in total. The Morgan fingerprint density at radius 3 is 2.65 bits per heavy atom. The second-order valence-electron chi connectivity index (χ2n) is 5.36. The molecule has 92 valence electrons. The van der Waals surface area contributed by atoms with E-state index < -0.39 is 0 Å². The molecule has 0 radical (unpaired) electrons. The minimum Gasteiger partial charge on any atom is -0.487 e. The lowest BCUT2D eigenvalue weighted by molar-refractivity contribution is -0.00382. The molecule has 1 aliphatic carbocycles. The van der Waals surface area contributed by atoms with Crippen LogP contribution in [0.5, 0.6) is 5.75 Å². The molecule has 1 saturated carbocycles. The lowest BCUT2D eigenvalue weighted by Gasteiger charge is -2.29. The first-order valence-electron chi connectivity index (χ1n) is 6.77. The van der Waals surface area contributed by atoms with Gasteiger partial charge in [-0.25, -0.2) is 0 Å². The number of aliphatic hydroxyl groups excluding tert-OH is 1. The average Bonchev–Trinajstić information content (AvgIpc) is 2.82. The molecular weight excluding hydrogens is 212 g/mol. The SMILES string of the molecule is OC(C1CCCCC1)C1Cc2ccccc2O1. The van der Waals surface area contributed by atoms with Crippen molar-refractivity contribution in [2.75, 3.05) is 0 Å². The Morgan fingerprint density at radius 2 is 1.88 bits per heavy atom. The van der Waals surface area contributed by atoms with Gasteiger partial charge in [0.1, 0.15) is 11.9 Å². The minimum atomic E-state index is -0.289. The molecule has 2 heteroatoms. The smallest absolute Gasteiger partial charge is 0.129 e. The van der Waals surface area contributed by atoms with Crippen molar-refractivity contribution in [3.63, 3.8) is 0 Å². The highest BCUT2D eigenvalue weighted by atomic mass is 16.5. The van der Waals surface area contributed by atoms with E-state index in [9.17, 15) is 5.11 Å². The number of hydrogen-bond donors (Lipinski definition) is 1. The van der Waals surface area contributed by atoms with Crippen molar-refractivity contribution in [1.82, 2.24) is 0 Å². The van der Waals surface area contributed by atoms with Crippen LogP contribution in [-0.2, 0) is 6.42 Å². The molecule has 1 aromatic rings. The molecule has 0 spiro atoms. The first kappa shape index (κ1) is 11.1. The highest BCUT2D eigenvalue weighted by molar-refractivity contribution is 5.37. The highest BCUT2D eigenvalue weighted by Crippen LogP contribution is 2.34. The summed E-state index contributed by atoms with van der Waals surface area (Å²) < 4.78 is 5.87. The number of aliphatic hydroxyl groups is 1. The van der Waals surface area contributed by atoms with E-state index in [-0.39, 0.29) is 12.2 Å². The molecule has 2 aliphatic rings. The molecule has 1 N–H and O–H groups in total. The fraction of sp³-hybridized carbons (Fsp3) is 0.600. The molecule has 1 fully saturated rings. The van der Waals surface area contributed by atoms with E-state index in [0.29, 0.717) is 5.92 Å². The van der Waals surface area contributed by atoms with Crippen LogP contribution in [0.3, 0.4) is 0 Å². The van der Waals surface area contributed by atoms with Gasteiger partial charge in [0.05, 0.1) is 6.10 Å². The lowest BCUT2D eigenvalue weighted by atomic mass is 9.82. The number of benzene rings is 1. The van der Waals surface area contributed by atoms with Gasteiger partial charge in [-0.1, -0.05) is 37.5 Å². The zero-order valence-corrected chi connectivity index (χ0v) is 10.1. The maximum absolute atomic E-state index is 10.4. The number of rotatable bonds is 2. The summed E-state index contributed by atoms with van der Waals surface area (Å²) in [6, 6.07) is 8.14. The van der Waals surface area contributed by atoms with Crippen molar-refractivity contribution in [1.29, 1.82) is 0 Å². The predicted molar refractivity (Wildman–Crippen MR) is 67.1 cm³/mol. The van der Waals surface area contributed by atoms with E-state index in [1.165, 1.54) is 24.8 Å². The Morgan fingerprint density at radius 1 is 1.12 bits per heavy atom. The number of fused-ring (bicyclic) bond motifs is 1. The first-order chi connectivity index (χ1) is 8.34. The van der Waals surface area contributed by atoms with Crippen molar-refractivity contribution >= 4 is 0 Å². The summed E-state index contributed by atoms with van der Waals surface area (Å²) >= 11 is 0. The Bertz CT molecular complexity index is 357. The van der Waals surface area contributed by atoms with Crippen LogP contribution in [0, 0.1) is 5.92 Å². The van der Waals surface area contributed by atoms with Crippen LogP contribution in [0.15, 0.2) is 24.3 Å². The number of ether oxygens (including phenoxy) is 1. The van der Waals surface area contributed by atoms with Gasteiger partial charge < -0.3 is 9.84 Å². The van der Waals surface area contributed by atoms with Gasteiger partial charge >= 0.3 is 0 Å². The zero-order chi connectivity index (χ0) is 11.7. The molecule has 2 unspecified atom stereocenters. The van der Waals surface area contributed by atoms with E-state index in [1.54, 1.807) is 0 Å². The Balaban J connectivity index is 1.67. The Hall–Kier alpha value is -1.02. The van der Waals surface area contributed by atoms with Gasteiger partial charge in [-0.15, -0.1) is 0 Å². The number of hydrogen-bond acceptors (Lipinski definition) is 2. The third-order valence-corrected chi connectivity index (χ3v) is 4.19. The second-order valence-corrected chi connectivity index (χ2v) is 5.36. The van der Waals surface area contributed by atoms with Crippen molar-refractivity contribution in [3.8, 4) is 5.75 Å². The van der Waals surface area contributed by atoms with Crippen molar-refractivity contribution < 1.29 is 9.84 Å². The van der Waals surface area contributed by atoms with Gasteiger partial charge in [0.2, 0.25) is 0 Å². The van der Waals surface area contributed by atoms with Crippen LogP contribution in [0.4, 0.5) is 0 Å². The van der Waals surface area contributed by atoms with Crippen LogP contribution < -0.4 is 4.74 Å². The van der Waals surface area contributed by atoms with Gasteiger partial charge in [0.15, 0.2) is 0 Å². The summed E-state index contributed by atoms with van der Waals surface area (Å²) in [6.45, 7) is 0. The largest absolute Gasteiger partial charge is 0.487 e. The van der Waals surface area contributed by atoms with Crippen LogP contribution in [-0.4, -0.2) is 17.3 Å². The summed E-state index contributed by atoms with van der Waals surface area (Å²) in [4.78, 5) is 0. The van der Waals surface area contributed by atoms with Gasteiger partial charge in [-0.05, 0) is 30.4 Å². The van der Waals surface area contributed by atoms with Crippen LogP contribution >= 0.6 is 0 Å². The monoisotopic (exact) mass is 232 g/mol. The Labute approximate surface area is 103 Å². The minimum absolute atomic E-state index is 0.0181. The van der Waals surface area contributed by atoms with Gasteiger partial charge in [0.25, 0.3) is 0 Å². The second kappa shape index (κ2) is 4.69. The van der Waals surface area contributed by atoms with Crippen molar-refractivity contribution in [2.45, 2.75) is 50.7 Å². The molecule has 2 atom stereocenters. The molecule has 0 aromatic heterocycles. The van der Waals surface area contributed by atoms with Gasteiger partial charge in [-0.2, -0.15) is 0 Å². The normalized spacial score (nSPS) is 26.3. The lowest BCUT2D eigenvalue weighted by Crippen LogP contribution is -2.37. The highest BCUT2D eigenvalue weighted by Gasteiger charge is 2.34. The maximum Gasteiger partial charge on any atom is 0.129 e. The van der Waals surface area contributed by atoms with Crippen LogP contribution in [0.1, 0.15) is 37.7 Å². The molecule has 3 rings (SSSR count). The van der Waals surface area contributed by atoms with Crippen molar-refractivity contribution in [2.24, 2.45) is 5.92 Å². The first-order valence-corrected chi connectivity index (χ1v) is 6.77. The molecule has 1 aromatic carbocycles. The fourth-order valence-corrected chi connectivity index (χ4v) is 3.18. The van der Waals surface area contributed by atoms with E-state index >= 15 is 0 Å². The molecule has 0 amide bonds. The van der Waals surface area contributed by atoms with Crippen molar-refractivity contribution in [3.05, 3.63) is 29.8 Å². The summed E-state index contributed by atoms with van der Waals surface area (Å²) in [6.07, 6.45) is 6.75. The van der Waals surface area contributed by atoms with Gasteiger partial charge in [-0.3, -0.25) is 0 Å². The van der Waals surface area contributed by atoms with Crippen LogP contribution in [0.2, 0.25) is 0 Å². The van der Waals surface area contributed by atoms with Gasteiger partial charge in [0, 0.05) is 6.42 Å². The van der Waals surface area contributed by atoms with E-state index in [0.717, 1.165) is 25.0 Å². The molecule has 1 aliphatic heterocycles. The average molecular weight is 232 g/mol. The third-order valence-electron chi connectivity index (χ3n) is 4.19. The summed E-state index contributed by atoms with van der Waals surface area (Å²) in [5.74, 6) is 1.41. The van der Waals surface area contributed by atoms with E-state index in [2.05, 4.69) is 6.07 Å². The zero-order valence-electron chi connectivity index (χ0n) is 10.1. The standard InChI is InChI=1S/C15H20O2/c16-15(11-6-2-1-3-7-11)14-10-12-8-4-5-9-13(12)17-14/h4-5,8-9,11,14-16H,1-3,6-7,10H2. The summed E-state index contributed by atoms with van der Waals surface area (Å²) in [5.41, 5.74) is 1.24. The molecule has 0 bridgehead atoms. The quantitative estimate of drug-likeness (QED) is 0.849. The van der Waals surface area contributed by atoms with E-state index in [1.807, 2.05) is 18.2 Å². The Kier molecular flexibility index (Phi) is 3.06. The molecule has 1 heterocycles. The maximum atomic E-state index is 10.4. The molecular formula is C15H20O2. The molecule has 17 heavy (non-hydrogen) atoms. The summed E-state index contributed by atoms with van der Waals surface area (Å²) in [5, 5.41) is 10.4. The van der Waals surface area contributed by atoms with E-state index in [4.69, 9.17) is 4.74 Å². The summed E-state index contributed by atoms with van der Waals surface area (Å²) in [7, 11) is 0. The fourth-order valence-electron chi connectivity index (χ4n) is 3.18. The third kappa shape index (κ3) is 2.19. The van der Waals surface area contributed by atoms with Crippen LogP contribution in [0.25, 0.3) is 0 Å². The topological polar surface area (TPSA) is 29.5 Å². The predicted octanol–water partition coefficient (Wildman–Crippen LogP) is 2.93. The number of para-hydroxylation sites is 1.